The minimum atomic E-state index is -0.767. The minimum Gasteiger partial charge on any atom is -0.493 e. The summed E-state index contributed by atoms with van der Waals surface area (Å²) in [6.07, 6.45) is 6.80. The van der Waals surface area contributed by atoms with E-state index in [9.17, 15) is 9.18 Å². The van der Waals surface area contributed by atoms with Gasteiger partial charge in [-0.15, -0.1) is 0 Å². The second-order valence-corrected chi connectivity index (χ2v) is 13.3. The third-order valence-electron chi connectivity index (χ3n) is 9.79. The molecule has 2 aliphatic rings. The molecule has 1 aliphatic carbocycles. The molecular weight excluding hydrogens is 595 g/mol. The van der Waals surface area contributed by atoms with Gasteiger partial charge in [0.25, 0.3) is 0 Å². The van der Waals surface area contributed by atoms with Crippen molar-refractivity contribution in [2.45, 2.75) is 90.6 Å². The Morgan fingerprint density at radius 3 is 2.36 bits per heavy atom. The average molecular weight is 651 g/mol. The van der Waals surface area contributed by atoms with Crippen LogP contribution in [-0.4, -0.2) is 72.2 Å². The number of halogens is 1. The van der Waals surface area contributed by atoms with E-state index in [-0.39, 0.29) is 11.7 Å². The number of likely N-dealkylation sites (tertiary alicyclic amines) is 1. The molecule has 5 rings (SSSR count). The standard InChI is InChI=1S/C31H40FN3O2.C7H15NO2/c1-4-35-29(20-27(33-35)17-22-11-12-30(36-2)31(18-22)37-3)23-13-15-34(16-14-23)21-25-8-6-10-28(25)24-7-5-9-26(32)19-24;1-4-8-6(5(2)3)7(9)10/h5,7,9,11-12,18-20,23,25,28H,4,6,8,10,13-17,21H2,1-3H3;5-6,8H,4H2,1-3H3,(H,9,10)/t25?,28-;/m1./s1. The lowest BCUT2D eigenvalue weighted by Crippen LogP contribution is -2.40. The molecule has 47 heavy (non-hydrogen) atoms. The lowest BCUT2D eigenvalue weighted by molar-refractivity contribution is -0.140. The van der Waals surface area contributed by atoms with Crippen LogP contribution in [-0.2, 0) is 17.8 Å². The minimum absolute atomic E-state index is 0.109. The van der Waals surface area contributed by atoms with Crippen molar-refractivity contribution in [1.82, 2.24) is 20.0 Å². The maximum absolute atomic E-state index is 13.8. The molecule has 2 heterocycles. The van der Waals surface area contributed by atoms with Gasteiger partial charge in [-0.2, -0.15) is 5.10 Å². The number of carboxylic acid groups (broad SMARTS) is 1. The number of aromatic nitrogens is 2. The fourth-order valence-electron chi connectivity index (χ4n) is 7.36. The van der Waals surface area contributed by atoms with Gasteiger partial charge in [0.05, 0.1) is 19.9 Å². The van der Waals surface area contributed by atoms with E-state index >= 15 is 0 Å². The third-order valence-corrected chi connectivity index (χ3v) is 9.79. The second-order valence-electron chi connectivity index (χ2n) is 13.3. The summed E-state index contributed by atoms with van der Waals surface area (Å²) in [4.78, 5) is 13.1. The number of rotatable bonds is 13. The zero-order valence-electron chi connectivity index (χ0n) is 29.2. The first kappa shape index (κ1) is 36.4. The summed E-state index contributed by atoms with van der Waals surface area (Å²) in [6.45, 7) is 12.8. The molecule has 9 heteroatoms. The Balaban J connectivity index is 0.000000434. The zero-order valence-corrected chi connectivity index (χ0v) is 29.2. The molecule has 3 atom stereocenters. The topological polar surface area (TPSA) is 88.9 Å². The van der Waals surface area contributed by atoms with Crippen LogP contribution in [0.5, 0.6) is 11.5 Å². The number of hydrogen-bond donors (Lipinski definition) is 2. The van der Waals surface area contributed by atoms with Crippen LogP contribution in [0.4, 0.5) is 4.39 Å². The van der Waals surface area contributed by atoms with Crippen LogP contribution in [0.3, 0.4) is 0 Å². The zero-order chi connectivity index (χ0) is 33.9. The highest BCUT2D eigenvalue weighted by Crippen LogP contribution is 2.41. The number of carboxylic acids is 1. The van der Waals surface area contributed by atoms with Crippen molar-refractivity contribution in [3.63, 3.8) is 0 Å². The molecule has 0 bridgehead atoms. The summed E-state index contributed by atoms with van der Waals surface area (Å²) in [7, 11) is 3.33. The number of aliphatic carboxylic acids is 1. The Kier molecular flexibility index (Phi) is 13.7. The molecule has 1 aliphatic heterocycles. The summed E-state index contributed by atoms with van der Waals surface area (Å²) < 4.78 is 26.9. The molecule has 1 aromatic heterocycles. The number of nitrogens with one attached hydrogen (secondary N) is 1. The van der Waals surface area contributed by atoms with Crippen molar-refractivity contribution in [3.8, 4) is 11.5 Å². The average Bonchev–Trinajstić information content (AvgIpc) is 3.70. The largest absolute Gasteiger partial charge is 0.493 e. The van der Waals surface area contributed by atoms with Gasteiger partial charge >= 0.3 is 5.97 Å². The van der Waals surface area contributed by atoms with Crippen molar-refractivity contribution < 1.29 is 23.8 Å². The Hall–Kier alpha value is -3.43. The van der Waals surface area contributed by atoms with Gasteiger partial charge in [0.15, 0.2) is 11.5 Å². The van der Waals surface area contributed by atoms with E-state index in [1.165, 1.54) is 48.9 Å². The van der Waals surface area contributed by atoms with E-state index in [4.69, 9.17) is 19.7 Å². The van der Waals surface area contributed by atoms with E-state index < -0.39 is 12.0 Å². The third kappa shape index (κ3) is 9.80. The summed E-state index contributed by atoms with van der Waals surface area (Å²) in [5.41, 5.74) is 4.84. The molecule has 258 valence electrons. The number of methoxy groups -OCH3 is 2. The molecule has 0 amide bonds. The lowest BCUT2D eigenvalue weighted by Gasteiger charge is -2.35. The van der Waals surface area contributed by atoms with Gasteiger partial charge in [-0.1, -0.05) is 45.4 Å². The van der Waals surface area contributed by atoms with E-state index in [0.29, 0.717) is 24.3 Å². The number of ether oxygens (including phenoxy) is 2. The van der Waals surface area contributed by atoms with Crippen LogP contribution in [0.1, 0.15) is 94.1 Å². The highest BCUT2D eigenvalue weighted by atomic mass is 19.1. The number of carbonyl (C=O) groups is 1. The van der Waals surface area contributed by atoms with Crippen LogP contribution in [0.2, 0.25) is 0 Å². The van der Waals surface area contributed by atoms with Gasteiger partial charge in [0, 0.05) is 31.1 Å². The number of likely N-dealkylation sites (N-methyl/N-ethyl adjacent to an activating group) is 1. The van der Waals surface area contributed by atoms with E-state index in [1.807, 2.05) is 39.0 Å². The van der Waals surface area contributed by atoms with Crippen LogP contribution in [0.15, 0.2) is 48.5 Å². The van der Waals surface area contributed by atoms with Gasteiger partial charge in [-0.3, -0.25) is 9.48 Å². The van der Waals surface area contributed by atoms with Crippen molar-refractivity contribution in [2.75, 3.05) is 40.4 Å². The van der Waals surface area contributed by atoms with E-state index in [2.05, 4.69) is 40.0 Å². The first-order valence-electron chi connectivity index (χ1n) is 17.4. The predicted octanol–water partition coefficient (Wildman–Crippen LogP) is 7.12. The van der Waals surface area contributed by atoms with Crippen LogP contribution >= 0.6 is 0 Å². The van der Waals surface area contributed by atoms with E-state index in [0.717, 1.165) is 49.8 Å². The second kappa shape index (κ2) is 17.6. The fourth-order valence-corrected chi connectivity index (χ4v) is 7.36. The highest BCUT2D eigenvalue weighted by molar-refractivity contribution is 5.73. The number of benzene rings is 2. The molecule has 8 nitrogen and oxygen atoms in total. The van der Waals surface area contributed by atoms with E-state index in [1.54, 1.807) is 26.4 Å². The van der Waals surface area contributed by atoms with Gasteiger partial charge in [-0.25, -0.2) is 4.39 Å². The Morgan fingerprint density at radius 1 is 1.02 bits per heavy atom. The Morgan fingerprint density at radius 2 is 1.77 bits per heavy atom. The molecule has 2 fully saturated rings. The highest BCUT2D eigenvalue weighted by Gasteiger charge is 2.32. The molecular formula is C38H55FN4O4. The number of nitrogens with zero attached hydrogens (tertiary/aromatic N) is 3. The number of hydrogen-bond acceptors (Lipinski definition) is 6. The first-order chi connectivity index (χ1) is 22.7. The van der Waals surface area contributed by atoms with Crippen molar-refractivity contribution in [1.29, 1.82) is 0 Å². The van der Waals surface area contributed by atoms with Gasteiger partial charge in [0.2, 0.25) is 0 Å². The number of piperidine rings is 1. The smallest absolute Gasteiger partial charge is 0.320 e. The predicted molar refractivity (Wildman–Crippen MR) is 185 cm³/mol. The molecule has 2 N–H and O–H groups in total. The molecule has 1 saturated heterocycles. The maximum atomic E-state index is 13.8. The molecule has 2 aromatic carbocycles. The lowest BCUT2D eigenvalue weighted by atomic mass is 9.87. The molecule has 1 saturated carbocycles. The van der Waals surface area contributed by atoms with Gasteiger partial charge in [-0.05, 0) is 111 Å². The summed E-state index contributed by atoms with van der Waals surface area (Å²) in [6, 6.07) is 15.3. The monoisotopic (exact) mass is 650 g/mol. The fraction of sp³-hybridized carbons (Fsp3) is 0.579. The van der Waals surface area contributed by atoms with Gasteiger partial charge < -0.3 is 24.8 Å². The maximum Gasteiger partial charge on any atom is 0.320 e. The summed E-state index contributed by atoms with van der Waals surface area (Å²) >= 11 is 0. The summed E-state index contributed by atoms with van der Waals surface area (Å²) in [5.74, 6) is 2.45. The van der Waals surface area contributed by atoms with Crippen LogP contribution < -0.4 is 14.8 Å². The normalized spacial score (nSPS) is 19.3. The molecule has 2 unspecified atom stereocenters. The van der Waals surface area contributed by atoms with Gasteiger partial charge in [0.1, 0.15) is 11.9 Å². The molecule has 3 aromatic rings. The van der Waals surface area contributed by atoms with Crippen molar-refractivity contribution in [2.24, 2.45) is 11.8 Å². The first-order valence-corrected chi connectivity index (χ1v) is 17.4. The Bertz CT molecular complexity index is 1420. The van der Waals surface area contributed by atoms with Crippen LogP contribution in [0, 0.1) is 17.7 Å². The Labute approximate surface area is 280 Å². The number of aryl methyl sites for hydroxylation is 1. The van der Waals surface area contributed by atoms with Crippen molar-refractivity contribution in [3.05, 3.63) is 76.9 Å². The molecule has 0 radical (unpaired) electrons. The summed E-state index contributed by atoms with van der Waals surface area (Å²) in [5, 5.41) is 16.4. The molecule has 0 spiro atoms. The SMILES string of the molecule is CCNC(C(=O)O)C(C)C.CCn1nc(Cc2ccc(OC)c(OC)c2)cc1C1CCN(CC2CCC[C@@H]2c2cccc(F)c2)CC1. The van der Waals surface area contributed by atoms with Crippen LogP contribution in [0.25, 0.3) is 0 Å². The quantitative estimate of drug-likeness (QED) is 0.204. The van der Waals surface area contributed by atoms with Crippen molar-refractivity contribution >= 4 is 5.97 Å².